The van der Waals surface area contributed by atoms with E-state index >= 15 is 0 Å². The number of pyridine rings is 1. The first-order valence-corrected chi connectivity index (χ1v) is 8.28. The van der Waals surface area contributed by atoms with Crippen molar-refractivity contribution in [2.24, 2.45) is 0 Å². The van der Waals surface area contributed by atoms with E-state index in [-0.39, 0.29) is 22.8 Å². The van der Waals surface area contributed by atoms with Gasteiger partial charge in [0.1, 0.15) is 17.2 Å². The summed E-state index contributed by atoms with van der Waals surface area (Å²) >= 11 is 0. The summed E-state index contributed by atoms with van der Waals surface area (Å²) < 4.78 is 59.5. The molecule has 3 rings (SSSR count). The Morgan fingerprint density at radius 1 is 0.966 bits per heavy atom. The molecule has 1 N–H and O–H groups in total. The van der Waals surface area contributed by atoms with Crippen molar-refractivity contribution < 1.29 is 31.8 Å². The average molecular weight is 406 g/mol. The summed E-state index contributed by atoms with van der Waals surface area (Å²) in [7, 11) is 0. The van der Waals surface area contributed by atoms with E-state index in [0.717, 1.165) is 18.2 Å². The van der Waals surface area contributed by atoms with Gasteiger partial charge in [-0.15, -0.1) is 13.2 Å². The molecule has 2 aromatic carbocycles. The highest BCUT2D eigenvalue weighted by Gasteiger charge is 2.31. The Hall–Kier alpha value is -3.62. The number of aromatic nitrogens is 1. The normalized spacial score (nSPS) is 11.1. The average Bonchev–Trinajstić information content (AvgIpc) is 2.60. The zero-order valence-electron chi connectivity index (χ0n) is 15.0. The number of rotatable bonds is 5. The second-order valence-corrected chi connectivity index (χ2v) is 5.87. The molecule has 9 heteroatoms. The van der Waals surface area contributed by atoms with E-state index in [9.17, 15) is 22.4 Å². The number of alkyl halides is 3. The first kappa shape index (κ1) is 20.1. The van der Waals surface area contributed by atoms with Gasteiger partial charge in [0.15, 0.2) is 0 Å². The first-order chi connectivity index (χ1) is 13.7. The van der Waals surface area contributed by atoms with E-state index in [1.807, 2.05) is 0 Å². The highest BCUT2D eigenvalue weighted by Crippen LogP contribution is 2.30. The Kier molecular flexibility index (Phi) is 5.67. The molecule has 3 aromatic rings. The van der Waals surface area contributed by atoms with Crippen LogP contribution in [-0.2, 0) is 0 Å². The van der Waals surface area contributed by atoms with Gasteiger partial charge in [0.2, 0.25) is 5.95 Å². The SMILES string of the molecule is Cc1nc(F)ccc1C(=O)Nc1cccc(Oc2cccc(OC(F)(F)F)c2)c1. The van der Waals surface area contributed by atoms with Crippen LogP contribution in [0.5, 0.6) is 17.2 Å². The summed E-state index contributed by atoms with van der Waals surface area (Å²) in [4.78, 5) is 16.0. The molecular formula is C20H14F4N2O3. The summed E-state index contributed by atoms with van der Waals surface area (Å²) in [5.74, 6) is -1.20. The number of aryl methyl sites for hydroxylation is 1. The molecule has 0 saturated heterocycles. The molecule has 0 radical (unpaired) electrons. The summed E-state index contributed by atoms with van der Waals surface area (Å²) in [6.45, 7) is 1.51. The van der Waals surface area contributed by atoms with E-state index in [4.69, 9.17) is 4.74 Å². The minimum absolute atomic E-state index is 0.119. The molecule has 0 aliphatic heterocycles. The van der Waals surface area contributed by atoms with Crippen molar-refractivity contribution >= 4 is 11.6 Å². The van der Waals surface area contributed by atoms with Crippen LogP contribution in [0.3, 0.4) is 0 Å². The van der Waals surface area contributed by atoms with Gasteiger partial charge in [-0.3, -0.25) is 4.79 Å². The Bertz CT molecular complexity index is 1040. The molecule has 0 aliphatic carbocycles. The molecular weight excluding hydrogens is 392 g/mol. The molecule has 0 aliphatic rings. The van der Waals surface area contributed by atoms with Crippen LogP contribution in [0.2, 0.25) is 0 Å². The number of halogens is 4. The molecule has 29 heavy (non-hydrogen) atoms. The van der Waals surface area contributed by atoms with Gasteiger partial charge in [-0.1, -0.05) is 12.1 Å². The van der Waals surface area contributed by atoms with Crippen LogP contribution < -0.4 is 14.8 Å². The fraction of sp³-hybridized carbons (Fsp3) is 0.100. The van der Waals surface area contributed by atoms with Gasteiger partial charge in [0.25, 0.3) is 5.91 Å². The Morgan fingerprint density at radius 2 is 1.62 bits per heavy atom. The lowest BCUT2D eigenvalue weighted by atomic mass is 10.2. The first-order valence-electron chi connectivity index (χ1n) is 8.28. The zero-order chi connectivity index (χ0) is 21.0. The van der Waals surface area contributed by atoms with E-state index in [0.29, 0.717) is 5.69 Å². The molecule has 0 atom stereocenters. The maximum absolute atomic E-state index is 13.1. The van der Waals surface area contributed by atoms with Gasteiger partial charge in [0.05, 0.1) is 11.3 Å². The van der Waals surface area contributed by atoms with Gasteiger partial charge in [-0.05, 0) is 43.3 Å². The van der Waals surface area contributed by atoms with Gasteiger partial charge < -0.3 is 14.8 Å². The number of carbonyl (C=O) groups excluding carboxylic acids is 1. The number of hydrogen-bond acceptors (Lipinski definition) is 4. The standard InChI is InChI=1S/C20H14F4N2O3/c1-12-17(8-9-18(21)25-12)19(27)26-13-4-2-5-14(10-13)28-15-6-3-7-16(11-15)29-20(22,23)24/h2-11H,1H3,(H,26,27). The molecule has 0 saturated carbocycles. The van der Waals surface area contributed by atoms with Crippen LogP contribution in [0, 0.1) is 12.9 Å². The molecule has 0 unspecified atom stereocenters. The van der Waals surface area contributed by atoms with Crippen LogP contribution in [0.25, 0.3) is 0 Å². The van der Waals surface area contributed by atoms with Gasteiger partial charge in [0, 0.05) is 17.8 Å². The quantitative estimate of drug-likeness (QED) is 0.451. The lowest BCUT2D eigenvalue weighted by Crippen LogP contribution is -2.17. The van der Waals surface area contributed by atoms with Crippen molar-refractivity contribution in [2.75, 3.05) is 5.32 Å². The third-order valence-electron chi connectivity index (χ3n) is 3.66. The largest absolute Gasteiger partial charge is 0.573 e. The molecule has 5 nitrogen and oxygen atoms in total. The van der Waals surface area contributed by atoms with Crippen molar-refractivity contribution in [3.63, 3.8) is 0 Å². The minimum atomic E-state index is -4.81. The molecule has 150 valence electrons. The number of amides is 1. The van der Waals surface area contributed by atoms with E-state index < -0.39 is 24.0 Å². The van der Waals surface area contributed by atoms with Crippen molar-refractivity contribution in [1.29, 1.82) is 0 Å². The Balaban J connectivity index is 1.73. The van der Waals surface area contributed by atoms with E-state index in [2.05, 4.69) is 15.0 Å². The maximum Gasteiger partial charge on any atom is 0.573 e. The third kappa shape index (κ3) is 5.68. The van der Waals surface area contributed by atoms with Crippen LogP contribution >= 0.6 is 0 Å². The molecule has 1 heterocycles. The fourth-order valence-electron chi connectivity index (χ4n) is 2.48. The van der Waals surface area contributed by atoms with Gasteiger partial charge in [-0.2, -0.15) is 4.39 Å². The van der Waals surface area contributed by atoms with Crippen molar-refractivity contribution in [2.45, 2.75) is 13.3 Å². The molecule has 1 amide bonds. The summed E-state index contributed by atoms with van der Waals surface area (Å²) in [6.07, 6.45) is -4.81. The predicted molar refractivity (Wildman–Crippen MR) is 96.5 cm³/mol. The Labute approximate surface area is 162 Å². The minimum Gasteiger partial charge on any atom is -0.457 e. The highest BCUT2D eigenvalue weighted by atomic mass is 19.4. The summed E-state index contributed by atoms with van der Waals surface area (Å²) in [5.41, 5.74) is 0.810. The van der Waals surface area contributed by atoms with Crippen LogP contribution in [0.4, 0.5) is 23.2 Å². The van der Waals surface area contributed by atoms with Crippen molar-refractivity contribution in [3.05, 3.63) is 77.9 Å². The van der Waals surface area contributed by atoms with Gasteiger partial charge >= 0.3 is 6.36 Å². The third-order valence-corrected chi connectivity index (χ3v) is 3.66. The topological polar surface area (TPSA) is 60.5 Å². The van der Waals surface area contributed by atoms with Crippen LogP contribution in [0.15, 0.2) is 60.7 Å². The molecule has 0 fully saturated rings. The maximum atomic E-state index is 13.1. The molecule has 1 aromatic heterocycles. The van der Waals surface area contributed by atoms with Crippen LogP contribution in [-0.4, -0.2) is 17.3 Å². The highest BCUT2D eigenvalue weighted by molar-refractivity contribution is 6.05. The number of hydrogen-bond donors (Lipinski definition) is 1. The summed E-state index contributed by atoms with van der Waals surface area (Å²) in [6, 6.07) is 13.7. The van der Waals surface area contributed by atoms with E-state index in [1.165, 1.54) is 31.2 Å². The predicted octanol–water partition coefficient (Wildman–Crippen LogP) is 5.47. The van der Waals surface area contributed by atoms with Crippen LogP contribution in [0.1, 0.15) is 16.1 Å². The van der Waals surface area contributed by atoms with Crippen molar-refractivity contribution in [1.82, 2.24) is 4.98 Å². The lowest BCUT2D eigenvalue weighted by molar-refractivity contribution is -0.274. The number of nitrogens with one attached hydrogen (secondary N) is 1. The lowest BCUT2D eigenvalue weighted by Gasteiger charge is -2.12. The molecule has 0 bridgehead atoms. The number of nitrogens with zero attached hydrogens (tertiary/aromatic N) is 1. The number of benzene rings is 2. The zero-order valence-corrected chi connectivity index (χ0v) is 15.0. The fourth-order valence-corrected chi connectivity index (χ4v) is 2.48. The monoisotopic (exact) mass is 406 g/mol. The summed E-state index contributed by atoms with van der Waals surface area (Å²) in [5, 5.41) is 2.63. The number of ether oxygens (including phenoxy) is 2. The smallest absolute Gasteiger partial charge is 0.457 e. The second-order valence-electron chi connectivity index (χ2n) is 5.87. The molecule has 0 spiro atoms. The Morgan fingerprint density at radius 3 is 2.31 bits per heavy atom. The van der Waals surface area contributed by atoms with E-state index in [1.54, 1.807) is 18.2 Å². The van der Waals surface area contributed by atoms with Gasteiger partial charge in [-0.25, -0.2) is 4.98 Å². The number of anilines is 1. The van der Waals surface area contributed by atoms with Crippen molar-refractivity contribution in [3.8, 4) is 17.2 Å². The number of carbonyl (C=O) groups is 1. The second kappa shape index (κ2) is 8.17.